The summed E-state index contributed by atoms with van der Waals surface area (Å²) >= 11 is 4.18. The van der Waals surface area contributed by atoms with Crippen LogP contribution in [0.3, 0.4) is 0 Å². The number of benzene rings is 3. The van der Waals surface area contributed by atoms with Gasteiger partial charge in [-0.3, -0.25) is 14.4 Å². The molecule has 7 N–H and O–H groups in total. The molecular formula is C30H34N4O6S. The minimum Gasteiger partial charge on any atom is -0.508 e. The molecule has 11 heteroatoms. The third-order valence-electron chi connectivity index (χ3n) is 6.36. The van der Waals surface area contributed by atoms with Gasteiger partial charge in [0.1, 0.15) is 23.9 Å². The van der Waals surface area contributed by atoms with Crippen molar-refractivity contribution >= 4 is 36.3 Å². The van der Waals surface area contributed by atoms with E-state index in [4.69, 9.17) is 5.73 Å². The van der Waals surface area contributed by atoms with Crippen molar-refractivity contribution in [3.05, 3.63) is 102 Å². The number of thiol groups is 1. The number of amides is 3. The van der Waals surface area contributed by atoms with Crippen molar-refractivity contribution in [2.45, 2.75) is 43.4 Å². The molecule has 0 saturated carbocycles. The quantitative estimate of drug-likeness (QED) is 0.141. The van der Waals surface area contributed by atoms with Gasteiger partial charge < -0.3 is 31.9 Å². The van der Waals surface area contributed by atoms with Crippen LogP contribution in [0.15, 0.2) is 84.9 Å². The van der Waals surface area contributed by atoms with Crippen molar-refractivity contribution < 1.29 is 29.4 Å². The molecule has 4 atom stereocenters. The molecule has 0 aliphatic carbocycles. The predicted molar refractivity (Wildman–Crippen MR) is 157 cm³/mol. The van der Waals surface area contributed by atoms with Gasteiger partial charge in [0, 0.05) is 18.6 Å². The van der Waals surface area contributed by atoms with Crippen LogP contribution in [-0.4, -0.2) is 63.8 Å². The summed E-state index contributed by atoms with van der Waals surface area (Å²) in [6.45, 7) is 0. The van der Waals surface area contributed by atoms with Crippen molar-refractivity contribution in [1.82, 2.24) is 16.0 Å². The Labute approximate surface area is 243 Å². The van der Waals surface area contributed by atoms with Crippen LogP contribution >= 0.6 is 12.6 Å². The minimum atomic E-state index is -1.29. The SMILES string of the molecule is NC(Cc1ccccc1)C(=O)NC(Cc1ccccc1)C(=O)NC(CS)C(=O)NC(Cc1ccc(O)cc1)C(=O)O. The fourth-order valence-electron chi connectivity index (χ4n) is 4.11. The number of carboxylic acid groups (broad SMARTS) is 1. The third-order valence-corrected chi connectivity index (χ3v) is 6.72. The van der Waals surface area contributed by atoms with Gasteiger partial charge in [-0.05, 0) is 35.2 Å². The van der Waals surface area contributed by atoms with E-state index in [-0.39, 0.29) is 30.8 Å². The maximum Gasteiger partial charge on any atom is 0.326 e. The summed E-state index contributed by atoms with van der Waals surface area (Å²) in [5, 5.41) is 26.8. The molecule has 0 heterocycles. The van der Waals surface area contributed by atoms with Crippen LogP contribution in [0, 0.1) is 0 Å². The van der Waals surface area contributed by atoms with Gasteiger partial charge in [-0.2, -0.15) is 12.6 Å². The van der Waals surface area contributed by atoms with Gasteiger partial charge in [-0.15, -0.1) is 0 Å². The van der Waals surface area contributed by atoms with E-state index in [1.165, 1.54) is 12.1 Å². The first-order valence-corrected chi connectivity index (χ1v) is 13.7. The molecule has 0 saturated heterocycles. The van der Waals surface area contributed by atoms with Crippen molar-refractivity contribution in [2.75, 3.05) is 5.75 Å². The van der Waals surface area contributed by atoms with Gasteiger partial charge in [0.2, 0.25) is 17.7 Å². The van der Waals surface area contributed by atoms with E-state index >= 15 is 0 Å². The molecule has 0 bridgehead atoms. The molecule has 10 nitrogen and oxygen atoms in total. The normalized spacial score (nSPS) is 13.7. The lowest BCUT2D eigenvalue weighted by Crippen LogP contribution is -2.58. The van der Waals surface area contributed by atoms with Crippen molar-refractivity contribution in [1.29, 1.82) is 0 Å². The van der Waals surface area contributed by atoms with Crippen LogP contribution in [0.1, 0.15) is 16.7 Å². The molecule has 4 unspecified atom stereocenters. The smallest absolute Gasteiger partial charge is 0.326 e. The highest BCUT2D eigenvalue weighted by molar-refractivity contribution is 7.80. The fourth-order valence-corrected chi connectivity index (χ4v) is 4.36. The predicted octanol–water partition coefficient (Wildman–Crippen LogP) is 1.22. The number of phenolic OH excluding ortho intramolecular Hbond substituents is 1. The van der Waals surface area contributed by atoms with Crippen LogP contribution in [0.2, 0.25) is 0 Å². The highest BCUT2D eigenvalue weighted by atomic mass is 32.1. The molecule has 3 rings (SSSR count). The average molecular weight is 579 g/mol. The largest absolute Gasteiger partial charge is 0.508 e. The monoisotopic (exact) mass is 578 g/mol. The number of hydrogen-bond acceptors (Lipinski definition) is 7. The molecule has 0 aromatic heterocycles. The third kappa shape index (κ3) is 9.96. The van der Waals surface area contributed by atoms with E-state index in [0.29, 0.717) is 5.56 Å². The number of carboxylic acids is 1. The summed E-state index contributed by atoms with van der Waals surface area (Å²) in [6, 6.07) is 19.8. The van der Waals surface area contributed by atoms with Gasteiger partial charge in [-0.1, -0.05) is 72.8 Å². The maximum absolute atomic E-state index is 13.4. The Morgan fingerprint density at radius 1 is 0.634 bits per heavy atom. The number of rotatable bonds is 14. The Bertz CT molecular complexity index is 1310. The lowest BCUT2D eigenvalue weighted by Gasteiger charge is -2.25. The molecule has 0 fully saturated rings. The number of nitrogens with two attached hydrogens (primary N) is 1. The number of carbonyl (C=O) groups is 4. The van der Waals surface area contributed by atoms with E-state index in [1.807, 2.05) is 36.4 Å². The Hall–Kier alpha value is -4.35. The highest BCUT2D eigenvalue weighted by Crippen LogP contribution is 2.12. The summed E-state index contributed by atoms with van der Waals surface area (Å²) in [4.78, 5) is 51.2. The first-order valence-electron chi connectivity index (χ1n) is 13.0. The van der Waals surface area contributed by atoms with Crippen LogP contribution in [0.25, 0.3) is 0 Å². The Morgan fingerprint density at radius 3 is 1.61 bits per heavy atom. The van der Waals surface area contributed by atoms with E-state index in [1.54, 1.807) is 36.4 Å². The van der Waals surface area contributed by atoms with Crippen molar-refractivity contribution in [3.63, 3.8) is 0 Å². The lowest BCUT2D eigenvalue weighted by atomic mass is 10.0. The molecule has 3 aromatic rings. The van der Waals surface area contributed by atoms with E-state index in [2.05, 4.69) is 28.6 Å². The molecule has 0 spiro atoms. The van der Waals surface area contributed by atoms with Crippen LogP contribution < -0.4 is 21.7 Å². The fraction of sp³-hybridized carbons (Fsp3) is 0.267. The van der Waals surface area contributed by atoms with Gasteiger partial charge in [0.05, 0.1) is 6.04 Å². The molecule has 0 aliphatic rings. The summed E-state index contributed by atoms with van der Waals surface area (Å²) in [7, 11) is 0. The molecular weight excluding hydrogens is 544 g/mol. The molecule has 3 amide bonds. The molecule has 0 radical (unpaired) electrons. The topological polar surface area (TPSA) is 171 Å². The Kier molecular flexibility index (Phi) is 11.7. The average Bonchev–Trinajstić information content (AvgIpc) is 2.97. The maximum atomic E-state index is 13.4. The molecule has 3 aromatic carbocycles. The standard InChI is InChI=1S/C30H34N4O6S/c31-23(15-19-7-3-1-4-8-19)27(36)32-24(16-20-9-5-2-6-10-20)28(37)34-26(18-41)29(38)33-25(30(39)40)17-21-11-13-22(35)14-12-21/h1-14,23-26,35,41H,15-18,31H2,(H,32,36)(H,33,38)(H,34,37)(H,39,40). The number of hydrogen-bond donors (Lipinski definition) is 7. The zero-order valence-corrected chi connectivity index (χ0v) is 23.2. The Balaban J connectivity index is 1.69. The van der Waals surface area contributed by atoms with Crippen LogP contribution in [0.4, 0.5) is 0 Å². The first-order chi connectivity index (χ1) is 19.7. The van der Waals surface area contributed by atoms with E-state index in [9.17, 15) is 29.4 Å². The summed E-state index contributed by atoms with van der Waals surface area (Å²) in [6.07, 6.45) is 0.363. The van der Waals surface area contributed by atoms with E-state index < -0.39 is 47.9 Å². The number of aromatic hydroxyl groups is 1. The van der Waals surface area contributed by atoms with Crippen LogP contribution in [-0.2, 0) is 38.4 Å². The van der Waals surface area contributed by atoms with Crippen molar-refractivity contribution in [2.24, 2.45) is 5.73 Å². The summed E-state index contributed by atoms with van der Waals surface area (Å²) in [5.74, 6) is -3.28. The van der Waals surface area contributed by atoms with Crippen LogP contribution in [0.5, 0.6) is 5.75 Å². The zero-order valence-electron chi connectivity index (χ0n) is 22.3. The second kappa shape index (κ2) is 15.4. The number of nitrogens with one attached hydrogen (secondary N) is 3. The first kappa shape index (κ1) is 31.2. The number of carbonyl (C=O) groups excluding carboxylic acids is 3. The summed E-state index contributed by atoms with van der Waals surface area (Å²) < 4.78 is 0. The van der Waals surface area contributed by atoms with Crippen molar-refractivity contribution in [3.8, 4) is 5.75 Å². The molecule has 0 aliphatic heterocycles. The number of phenols is 1. The van der Waals surface area contributed by atoms with Gasteiger partial charge in [0.25, 0.3) is 0 Å². The van der Waals surface area contributed by atoms with Gasteiger partial charge >= 0.3 is 5.97 Å². The lowest BCUT2D eigenvalue weighted by molar-refractivity contribution is -0.142. The highest BCUT2D eigenvalue weighted by Gasteiger charge is 2.30. The Morgan fingerprint density at radius 2 is 1.07 bits per heavy atom. The zero-order chi connectivity index (χ0) is 29.8. The number of aliphatic carboxylic acids is 1. The van der Waals surface area contributed by atoms with E-state index in [0.717, 1.165) is 11.1 Å². The van der Waals surface area contributed by atoms with Gasteiger partial charge in [0.15, 0.2) is 0 Å². The second-order valence-corrected chi connectivity index (χ2v) is 9.93. The van der Waals surface area contributed by atoms with Gasteiger partial charge in [-0.25, -0.2) is 4.79 Å². The second-order valence-electron chi connectivity index (χ2n) is 9.56. The molecule has 41 heavy (non-hydrogen) atoms. The summed E-state index contributed by atoms with van der Waals surface area (Å²) in [5.41, 5.74) is 8.36. The molecule has 216 valence electrons. The minimum absolute atomic E-state index is 0.0284.